The van der Waals surface area contributed by atoms with Gasteiger partial charge in [-0.2, -0.15) is 5.26 Å². The van der Waals surface area contributed by atoms with Crippen molar-refractivity contribution in [3.63, 3.8) is 0 Å². The third kappa shape index (κ3) is 3.25. The van der Waals surface area contributed by atoms with Gasteiger partial charge in [-0.25, -0.2) is 4.98 Å². The standard InChI is InChI=1S/C13H14N4O4/c14-7-9-5-11(17(20)21)8-15-13(9)16-4-2-1-3-10(16)6-12(18)19/h5,8,10H,1-4,6H2,(H,18,19). The van der Waals surface area contributed by atoms with Crippen LogP contribution in [0.2, 0.25) is 0 Å². The molecule has 2 heterocycles. The van der Waals surface area contributed by atoms with Gasteiger partial charge in [0.1, 0.15) is 23.6 Å². The summed E-state index contributed by atoms with van der Waals surface area (Å²) < 4.78 is 0. The second-order valence-corrected chi connectivity index (χ2v) is 4.87. The summed E-state index contributed by atoms with van der Waals surface area (Å²) in [5, 5.41) is 28.9. The number of nitro groups is 1. The lowest BCUT2D eigenvalue weighted by Gasteiger charge is -2.36. The van der Waals surface area contributed by atoms with Gasteiger partial charge < -0.3 is 10.0 Å². The highest BCUT2D eigenvalue weighted by atomic mass is 16.6. The van der Waals surface area contributed by atoms with E-state index in [0.29, 0.717) is 18.8 Å². The molecule has 8 nitrogen and oxygen atoms in total. The van der Waals surface area contributed by atoms with E-state index in [2.05, 4.69) is 4.98 Å². The van der Waals surface area contributed by atoms with Crippen LogP contribution in [-0.2, 0) is 4.79 Å². The maximum atomic E-state index is 10.9. The van der Waals surface area contributed by atoms with Crippen molar-refractivity contribution >= 4 is 17.5 Å². The van der Waals surface area contributed by atoms with Crippen LogP contribution in [-0.4, -0.2) is 33.6 Å². The molecular weight excluding hydrogens is 276 g/mol. The molecule has 1 saturated heterocycles. The number of carboxylic acid groups (broad SMARTS) is 1. The number of carboxylic acids is 1. The summed E-state index contributed by atoms with van der Waals surface area (Å²) in [6.07, 6.45) is 3.56. The second-order valence-electron chi connectivity index (χ2n) is 4.87. The monoisotopic (exact) mass is 290 g/mol. The Hall–Kier alpha value is -2.69. The van der Waals surface area contributed by atoms with Gasteiger partial charge >= 0.3 is 5.97 Å². The van der Waals surface area contributed by atoms with Crippen LogP contribution in [0.15, 0.2) is 12.3 Å². The number of aromatic nitrogens is 1. The zero-order valence-corrected chi connectivity index (χ0v) is 11.2. The van der Waals surface area contributed by atoms with Crippen LogP contribution in [0, 0.1) is 21.4 Å². The van der Waals surface area contributed by atoms with Gasteiger partial charge in [0, 0.05) is 18.7 Å². The van der Waals surface area contributed by atoms with Gasteiger partial charge in [-0.1, -0.05) is 0 Å². The predicted octanol–water partition coefficient (Wildman–Crippen LogP) is 1.70. The predicted molar refractivity (Wildman–Crippen MR) is 72.8 cm³/mol. The maximum absolute atomic E-state index is 10.9. The first-order chi connectivity index (χ1) is 10.0. The summed E-state index contributed by atoms with van der Waals surface area (Å²) in [5.41, 5.74) is -0.149. The zero-order valence-electron chi connectivity index (χ0n) is 11.2. The number of anilines is 1. The molecular formula is C13H14N4O4. The molecule has 0 saturated carbocycles. The van der Waals surface area contributed by atoms with Crippen LogP contribution in [0.5, 0.6) is 0 Å². The van der Waals surface area contributed by atoms with Crippen molar-refractivity contribution in [1.82, 2.24) is 4.98 Å². The van der Waals surface area contributed by atoms with E-state index in [0.717, 1.165) is 19.0 Å². The molecule has 1 aliphatic heterocycles. The van der Waals surface area contributed by atoms with Crippen molar-refractivity contribution in [1.29, 1.82) is 5.26 Å². The molecule has 0 radical (unpaired) electrons. The lowest BCUT2D eigenvalue weighted by molar-refractivity contribution is -0.385. The first-order valence-electron chi connectivity index (χ1n) is 6.56. The molecule has 0 spiro atoms. The van der Waals surface area contributed by atoms with Gasteiger partial charge in [0.2, 0.25) is 0 Å². The van der Waals surface area contributed by atoms with Gasteiger partial charge in [0.15, 0.2) is 0 Å². The fraction of sp³-hybridized carbons (Fsp3) is 0.462. The van der Waals surface area contributed by atoms with Crippen molar-refractivity contribution in [2.75, 3.05) is 11.4 Å². The summed E-state index contributed by atoms with van der Waals surface area (Å²) in [6, 6.07) is 2.84. The number of piperidine rings is 1. The fourth-order valence-electron chi connectivity index (χ4n) is 2.55. The van der Waals surface area contributed by atoms with E-state index in [4.69, 9.17) is 10.4 Å². The Labute approximate surface area is 120 Å². The van der Waals surface area contributed by atoms with E-state index >= 15 is 0 Å². The average molecular weight is 290 g/mol. The SMILES string of the molecule is N#Cc1cc([N+](=O)[O-])cnc1N1CCCCC1CC(=O)O. The molecule has 2 rings (SSSR count). The Morgan fingerprint density at radius 1 is 1.62 bits per heavy atom. The molecule has 1 aromatic heterocycles. The van der Waals surface area contributed by atoms with Gasteiger partial charge in [-0.15, -0.1) is 0 Å². The number of pyridine rings is 1. The van der Waals surface area contributed by atoms with E-state index in [1.54, 1.807) is 4.90 Å². The number of carbonyl (C=O) groups is 1. The van der Waals surface area contributed by atoms with Crippen molar-refractivity contribution in [3.8, 4) is 6.07 Å². The lowest BCUT2D eigenvalue weighted by atomic mass is 9.98. The van der Waals surface area contributed by atoms with Crippen LogP contribution >= 0.6 is 0 Å². The van der Waals surface area contributed by atoms with Gasteiger partial charge in [-0.3, -0.25) is 14.9 Å². The smallest absolute Gasteiger partial charge is 0.305 e. The molecule has 8 heteroatoms. The van der Waals surface area contributed by atoms with Crippen LogP contribution in [0.4, 0.5) is 11.5 Å². The average Bonchev–Trinajstić information content (AvgIpc) is 2.46. The summed E-state index contributed by atoms with van der Waals surface area (Å²) >= 11 is 0. The Morgan fingerprint density at radius 3 is 3.00 bits per heavy atom. The number of rotatable bonds is 4. The third-order valence-electron chi connectivity index (χ3n) is 3.49. The van der Waals surface area contributed by atoms with E-state index < -0.39 is 10.9 Å². The van der Waals surface area contributed by atoms with Crippen molar-refractivity contribution < 1.29 is 14.8 Å². The Morgan fingerprint density at radius 2 is 2.38 bits per heavy atom. The molecule has 1 aliphatic rings. The molecule has 110 valence electrons. The van der Waals surface area contributed by atoms with Gasteiger partial charge in [0.25, 0.3) is 5.69 Å². The van der Waals surface area contributed by atoms with Crippen LogP contribution in [0.25, 0.3) is 0 Å². The first kappa shape index (κ1) is 14.7. The largest absolute Gasteiger partial charge is 0.481 e. The molecule has 1 N–H and O–H groups in total. The highest BCUT2D eigenvalue weighted by molar-refractivity contribution is 5.69. The van der Waals surface area contributed by atoms with E-state index in [1.807, 2.05) is 6.07 Å². The normalized spacial score (nSPS) is 18.0. The quantitative estimate of drug-likeness (QED) is 0.661. The Bertz CT molecular complexity index is 611. The summed E-state index contributed by atoms with van der Waals surface area (Å²) in [4.78, 5) is 26.9. The molecule has 1 unspecified atom stereocenters. The topological polar surface area (TPSA) is 120 Å². The highest BCUT2D eigenvalue weighted by Gasteiger charge is 2.28. The molecule has 0 aromatic carbocycles. The van der Waals surface area contributed by atoms with Crippen LogP contribution in [0.1, 0.15) is 31.2 Å². The minimum atomic E-state index is -0.910. The van der Waals surface area contributed by atoms with Crippen molar-refractivity contribution in [2.45, 2.75) is 31.7 Å². The van der Waals surface area contributed by atoms with Gasteiger partial charge in [-0.05, 0) is 19.3 Å². The van der Waals surface area contributed by atoms with E-state index in [1.165, 1.54) is 6.07 Å². The summed E-state index contributed by atoms with van der Waals surface area (Å²) in [6.45, 7) is 0.595. The number of nitrogens with zero attached hydrogens (tertiary/aromatic N) is 4. The van der Waals surface area contributed by atoms with Gasteiger partial charge in [0.05, 0.1) is 11.3 Å². The molecule has 0 bridgehead atoms. The Kier molecular flexibility index (Phi) is 4.33. The molecule has 0 aliphatic carbocycles. The van der Waals surface area contributed by atoms with Crippen molar-refractivity contribution in [3.05, 3.63) is 27.9 Å². The minimum Gasteiger partial charge on any atom is -0.481 e. The molecule has 1 atom stereocenters. The summed E-state index contributed by atoms with van der Waals surface area (Å²) in [5.74, 6) is -0.582. The first-order valence-corrected chi connectivity index (χ1v) is 6.56. The number of hydrogen-bond donors (Lipinski definition) is 1. The number of nitriles is 1. The lowest BCUT2D eigenvalue weighted by Crippen LogP contribution is -2.41. The van der Waals surface area contributed by atoms with Crippen LogP contribution in [0.3, 0.4) is 0 Å². The molecule has 0 amide bonds. The molecule has 1 fully saturated rings. The Balaban J connectivity index is 2.36. The van der Waals surface area contributed by atoms with E-state index in [-0.39, 0.29) is 23.7 Å². The maximum Gasteiger partial charge on any atom is 0.305 e. The second kappa shape index (κ2) is 6.17. The number of aliphatic carboxylic acids is 1. The minimum absolute atomic E-state index is 0.0382. The van der Waals surface area contributed by atoms with E-state index in [9.17, 15) is 14.9 Å². The zero-order chi connectivity index (χ0) is 15.4. The molecule has 21 heavy (non-hydrogen) atoms. The highest BCUT2D eigenvalue weighted by Crippen LogP contribution is 2.29. The fourth-order valence-corrected chi connectivity index (χ4v) is 2.55. The molecule has 1 aromatic rings. The van der Waals surface area contributed by atoms with Crippen LogP contribution < -0.4 is 4.90 Å². The van der Waals surface area contributed by atoms with Crippen molar-refractivity contribution in [2.24, 2.45) is 0 Å². The third-order valence-corrected chi connectivity index (χ3v) is 3.49. The summed E-state index contributed by atoms with van der Waals surface area (Å²) in [7, 11) is 0. The number of hydrogen-bond acceptors (Lipinski definition) is 6.